The minimum absolute atomic E-state index is 0.230. The van der Waals surface area contributed by atoms with Gasteiger partial charge in [-0.25, -0.2) is 13.8 Å². The molecule has 0 N–H and O–H groups in total. The van der Waals surface area contributed by atoms with Gasteiger partial charge in [-0.15, -0.1) is 11.3 Å². The standard InChI is InChI=1S/C20H15FN2O2S/c1-13-5-2-3-6-14(13)12-22-17-9-10-26-18(17)19(24)23(20(22)25)16-8-4-7-15(21)11-16/h2-11H,12H2,1H3. The van der Waals surface area contributed by atoms with Gasteiger partial charge in [0.15, 0.2) is 0 Å². The van der Waals surface area contributed by atoms with Gasteiger partial charge in [0.05, 0.1) is 17.7 Å². The predicted octanol–water partition coefficient (Wildman–Crippen LogP) is 3.71. The molecule has 4 rings (SSSR count). The van der Waals surface area contributed by atoms with Crippen molar-refractivity contribution in [1.29, 1.82) is 0 Å². The van der Waals surface area contributed by atoms with E-state index >= 15 is 0 Å². The zero-order chi connectivity index (χ0) is 18.3. The van der Waals surface area contributed by atoms with Crippen LogP contribution in [0.4, 0.5) is 4.39 Å². The molecule has 0 saturated heterocycles. The Morgan fingerprint density at radius 2 is 1.85 bits per heavy atom. The highest BCUT2D eigenvalue weighted by molar-refractivity contribution is 7.17. The van der Waals surface area contributed by atoms with Gasteiger partial charge in [0.1, 0.15) is 10.5 Å². The van der Waals surface area contributed by atoms with Crippen molar-refractivity contribution in [3.63, 3.8) is 0 Å². The Labute approximate surface area is 152 Å². The average Bonchev–Trinajstić information content (AvgIpc) is 3.10. The molecule has 0 radical (unpaired) electrons. The average molecular weight is 366 g/mol. The molecule has 2 heterocycles. The van der Waals surface area contributed by atoms with E-state index in [-0.39, 0.29) is 5.69 Å². The van der Waals surface area contributed by atoms with E-state index in [2.05, 4.69) is 0 Å². The van der Waals surface area contributed by atoms with Crippen molar-refractivity contribution < 1.29 is 4.39 Å². The fourth-order valence-electron chi connectivity index (χ4n) is 3.04. The Morgan fingerprint density at radius 1 is 1.04 bits per heavy atom. The van der Waals surface area contributed by atoms with Crippen LogP contribution in [0.5, 0.6) is 0 Å². The van der Waals surface area contributed by atoms with Crippen molar-refractivity contribution in [2.24, 2.45) is 0 Å². The third-order valence-electron chi connectivity index (χ3n) is 4.41. The molecule has 2 aromatic carbocycles. The summed E-state index contributed by atoms with van der Waals surface area (Å²) in [5, 5.41) is 1.79. The van der Waals surface area contributed by atoms with Crippen molar-refractivity contribution >= 4 is 21.6 Å². The molecule has 0 bridgehead atoms. The van der Waals surface area contributed by atoms with Crippen LogP contribution in [-0.2, 0) is 6.54 Å². The number of hydrogen-bond donors (Lipinski definition) is 0. The monoisotopic (exact) mass is 366 g/mol. The van der Waals surface area contributed by atoms with Gasteiger partial charge in [-0.1, -0.05) is 30.3 Å². The maximum atomic E-state index is 13.6. The Morgan fingerprint density at radius 3 is 2.62 bits per heavy atom. The molecule has 6 heteroatoms. The van der Waals surface area contributed by atoms with Crippen LogP contribution in [-0.4, -0.2) is 9.13 Å². The van der Waals surface area contributed by atoms with Crippen LogP contribution in [0.15, 0.2) is 69.6 Å². The topological polar surface area (TPSA) is 44.0 Å². The van der Waals surface area contributed by atoms with Crippen molar-refractivity contribution in [1.82, 2.24) is 9.13 Å². The molecule has 0 aliphatic rings. The number of thiophene rings is 1. The maximum absolute atomic E-state index is 13.6. The third kappa shape index (κ3) is 2.68. The quantitative estimate of drug-likeness (QED) is 0.555. The largest absolute Gasteiger partial charge is 0.336 e. The van der Waals surface area contributed by atoms with E-state index in [0.717, 1.165) is 15.7 Å². The van der Waals surface area contributed by atoms with Gasteiger partial charge in [-0.3, -0.25) is 9.36 Å². The molecule has 0 amide bonds. The van der Waals surface area contributed by atoms with Crippen LogP contribution in [0.3, 0.4) is 0 Å². The van der Waals surface area contributed by atoms with Crippen LogP contribution >= 0.6 is 11.3 Å². The van der Waals surface area contributed by atoms with Crippen molar-refractivity contribution in [2.75, 3.05) is 0 Å². The number of rotatable bonds is 3. The summed E-state index contributed by atoms with van der Waals surface area (Å²) in [4.78, 5) is 26.0. The van der Waals surface area contributed by atoms with Crippen molar-refractivity contribution in [2.45, 2.75) is 13.5 Å². The number of aromatic nitrogens is 2. The fourth-order valence-corrected chi connectivity index (χ4v) is 3.86. The van der Waals surface area contributed by atoms with Crippen LogP contribution < -0.4 is 11.2 Å². The van der Waals surface area contributed by atoms with E-state index in [1.54, 1.807) is 22.1 Å². The van der Waals surface area contributed by atoms with Gasteiger partial charge in [0.2, 0.25) is 0 Å². The van der Waals surface area contributed by atoms with Crippen LogP contribution in [0, 0.1) is 12.7 Å². The molecular weight excluding hydrogens is 351 g/mol. The van der Waals surface area contributed by atoms with Gasteiger partial charge in [0.25, 0.3) is 5.56 Å². The summed E-state index contributed by atoms with van der Waals surface area (Å²) in [5.74, 6) is -0.495. The number of fused-ring (bicyclic) bond motifs is 1. The molecule has 26 heavy (non-hydrogen) atoms. The summed E-state index contributed by atoms with van der Waals surface area (Å²) in [7, 11) is 0. The highest BCUT2D eigenvalue weighted by Gasteiger charge is 2.16. The summed E-state index contributed by atoms with van der Waals surface area (Å²) in [6.07, 6.45) is 0. The zero-order valence-electron chi connectivity index (χ0n) is 14.0. The summed E-state index contributed by atoms with van der Waals surface area (Å²) in [6.45, 7) is 2.32. The molecule has 130 valence electrons. The molecule has 0 atom stereocenters. The second kappa shape index (κ2) is 6.38. The van der Waals surface area contributed by atoms with E-state index < -0.39 is 17.1 Å². The predicted molar refractivity (Wildman–Crippen MR) is 102 cm³/mol. The summed E-state index contributed by atoms with van der Waals surface area (Å²) in [5.41, 5.74) is 1.98. The second-order valence-corrected chi connectivity index (χ2v) is 6.97. The first-order valence-electron chi connectivity index (χ1n) is 8.10. The number of nitrogens with zero attached hydrogens (tertiary/aromatic N) is 2. The fraction of sp³-hybridized carbons (Fsp3) is 0.100. The molecule has 0 unspecified atom stereocenters. The highest BCUT2D eigenvalue weighted by Crippen LogP contribution is 2.18. The third-order valence-corrected chi connectivity index (χ3v) is 5.30. The SMILES string of the molecule is Cc1ccccc1Cn1c(=O)n(-c2cccc(F)c2)c(=O)c2sccc21. The Bertz CT molecular complexity index is 1240. The van der Waals surface area contributed by atoms with E-state index in [1.165, 1.54) is 29.5 Å². The molecule has 2 aromatic heterocycles. The Kier molecular flexibility index (Phi) is 4.05. The first-order valence-corrected chi connectivity index (χ1v) is 8.98. The second-order valence-electron chi connectivity index (χ2n) is 6.05. The molecule has 4 nitrogen and oxygen atoms in total. The number of hydrogen-bond acceptors (Lipinski definition) is 3. The molecule has 0 saturated carbocycles. The van der Waals surface area contributed by atoms with E-state index in [9.17, 15) is 14.0 Å². The Hall–Kier alpha value is -2.99. The van der Waals surface area contributed by atoms with E-state index in [4.69, 9.17) is 0 Å². The van der Waals surface area contributed by atoms with Crippen LogP contribution in [0.2, 0.25) is 0 Å². The maximum Gasteiger partial charge on any atom is 0.336 e. The number of halogens is 1. The lowest BCUT2D eigenvalue weighted by atomic mass is 10.1. The lowest BCUT2D eigenvalue weighted by Crippen LogP contribution is -2.38. The van der Waals surface area contributed by atoms with Crippen molar-refractivity contribution in [3.05, 3.63) is 97.8 Å². The molecule has 4 aromatic rings. The summed E-state index contributed by atoms with van der Waals surface area (Å²) in [6, 6.07) is 15.1. The van der Waals surface area contributed by atoms with Gasteiger partial charge >= 0.3 is 5.69 Å². The minimum Gasteiger partial charge on any atom is -0.288 e. The highest BCUT2D eigenvalue weighted by atomic mass is 32.1. The normalized spacial score (nSPS) is 11.2. The van der Waals surface area contributed by atoms with Crippen LogP contribution in [0.1, 0.15) is 11.1 Å². The Balaban J connectivity index is 2.02. The zero-order valence-corrected chi connectivity index (χ0v) is 14.8. The number of benzene rings is 2. The van der Waals surface area contributed by atoms with Crippen LogP contribution in [0.25, 0.3) is 15.9 Å². The molecular formula is C20H15FN2O2S. The smallest absolute Gasteiger partial charge is 0.288 e. The molecule has 0 aliphatic carbocycles. The van der Waals surface area contributed by atoms with E-state index in [1.807, 2.05) is 31.2 Å². The first-order chi connectivity index (χ1) is 12.6. The van der Waals surface area contributed by atoms with Gasteiger partial charge in [-0.05, 0) is 47.7 Å². The van der Waals surface area contributed by atoms with E-state index in [0.29, 0.717) is 16.8 Å². The van der Waals surface area contributed by atoms with Crippen molar-refractivity contribution in [3.8, 4) is 5.69 Å². The lowest BCUT2D eigenvalue weighted by molar-refractivity contribution is 0.624. The summed E-state index contributed by atoms with van der Waals surface area (Å²) >= 11 is 1.28. The van der Waals surface area contributed by atoms with Gasteiger partial charge in [0, 0.05) is 0 Å². The molecule has 0 fully saturated rings. The first kappa shape index (κ1) is 16.5. The van der Waals surface area contributed by atoms with Gasteiger partial charge < -0.3 is 0 Å². The molecule has 0 spiro atoms. The minimum atomic E-state index is -0.495. The number of aryl methyl sites for hydroxylation is 1. The molecule has 0 aliphatic heterocycles. The lowest BCUT2D eigenvalue weighted by Gasteiger charge is -2.13. The summed E-state index contributed by atoms with van der Waals surface area (Å²) < 4.78 is 16.7. The van der Waals surface area contributed by atoms with Gasteiger partial charge in [-0.2, -0.15) is 0 Å².